The SMILES string of the molecule is CC1CCC(C(N)=O)CN1C(=O)[C@H]1[C@@H](C(=O)O)C1(C)C. The van der Waals surface area contributed by atoms with Crippen LogP contribution in [0.3, 0.4) is 0 Å². The van der Waals surface area contributed by atoms with Crippen molar-refractivity contribution in [3.8, 4) is 0 Å². The number of nitrogens with zero attached hydrogens (tertiary/aromatic N) is 1. The summed E-state index contributed by atoms with van der Waals surface area (Å²) in [6.07, 6.45) is 1.42. The van der Waals surface area contributed by atoms with E-state index in [1.165, 1.54) is 0 Å². The molecule has 3 N–H and O–H groups in total. The summed E-state index contributed by atoms with van der Waals surface area (Å²) < 4.78 is 0. The number of piperidine rings is 1. The number of primary amides is 1. The normalized spacial score (nSPS) is 35.5. The monoisotopic (exact) mass is 282 g/mol. The molecule has 0 radical (unpaired) electrons. The second kappa shape index (κ2) is 4.75. The fourth-order valence-electron chi connectivity index (χ4n) is 3.38. The van der Waals surface area contributed by atoms with Crippen molar-refractivity contribution in [2.45, 2.75) is 39.7 Å². The Bertz CT molecular complexity index is 460. The molecule has 2 aliphatic rings. The summed E-state index contributed by atoms with van der Waals surface area (Å²) in [5.41, 5.74) is 4.81. The highest BCUT2D eigenvalue weighted by molar-refractivity contribution is 5.92. The number of nitrogens with two attached hydrogens (primary N) is 1. The maximum atomic E-state index is 12.6. The first kappa shape index (κ1) is 14.8. The number of hydrogen-bond acceptors (Lipinski definition) is 3. The van der Waals surface area contributed by atoms with E-state index in [-0.39, 0.29) is 23.8 Å². The predicted octanol–water partition coefficient (Wildman–Crippen LogP) is 0.456. The van der Waals surface area contributed by atoms with Gasteiger partial charge in [0.05, 0.1) is 17.8 Å². The van der Waals surface area contributed by atoms with Crippen LogP contribution in [0, 0.1) is 23.2 Å². The molecular formula is C14H22N2O4. The fourth-order valence-corrected chi connectivity index (χ4v) is 3.38. The minimum Gasteiger partial charge on any atom is -0.481 e. The van der Waals surface area contributed by atoms with Crippen LogP contribution in [-0.4, -0.2) is 40.4 Å². The number of rotatable bonds is 3. The van der Waals surface area contributed by atoms with Gasteiger partial charge in [-0.25, -0.2) is 0 Å². The molecule has 6 nitrogen and oxygen atoms in total. The zero-order chi connectivity index (χ0) is 15.2. The minimum atomic E-state index is -0.926. The predicted molar refractivity (Wildman–Crippen MR) is 71.5 cm³/mol. The van der Waals surface area contributed by atoms with Crippen LogP contribution in [0.2, 0.25) is 0 Å². The third kappa shape index (κ3) is 2.27. The molecule has 112 valence electrons. The van der Waals surface area contributed by atoms with Gasteiger partial charge < -0.3 is 15.7 Å². The highest BCUT2D eigenvalue weighted by atomic mass is 16.4. The molecule has 2 fully saturated rings. The third-order valence-electron chi connectivity index (χ3n) is 4.93. The van der Waals surface area contributed by atoms with Gasteiger partial charge in [-0.15, -0.1) is 0 Å². The van der Waals surface area contributed by atoms with Gasteiger partial charge in [0.1, 0.15) is 0 Å². The van der Waals surface area contributed by atoms with E-state index in [0.717, 1.165) is 6.42 Å². The van der Waals surface area contributed by atoms with Crippen LogP contribution in [0.15, 0.2) is 0 Å². The summed E-state index contributed by atoms with van der Waals surface area (Å²) in [6, 6.07) is 0.0314. The molecular weight excluding hydrogens is 260 g/mol. The Kier molecular flexibility index (Phi) is 3.52. The van der Waals surface area contributed by atoms with Crippen molar-refractivity contribution in [3.05, 3.63) is 0 Å². The number of carboxylic acids is 1. The smallest absolute Gasteiger partial charge is 0.307 e. The largest absolute Gasteiger partial charge is 0.481 e. The lowest BCUT2D eigenvalue weighted by atomic mass is 9.92. The molecule has 4 atom stereocenters. The molecule has 2 unspecified atom stereocenters. The Labute approximate surface area is 118 Å². The number of carbonyl (C=O) groups excluding carboxylic acids is 2. The van der Waals surface area contributed by atoms with Crippen molar-refractivity contribution in [3.63, 3.8) is 0 Å². The molecule has 2 amide bonds. The molecule has 20 heavy (non-hydrogen) atoms. The Hall–Kier alpha value is -1.59. The second-order valence-corrected chi connectivity index (χ2v) is 6.63. The van der Waals surface area contributed by atoms with Gasteiger partial charge in [0.15, 0.2) is 0 Å². The van der Waals surface area contributed by atoms with E-state index in [2.05, 4.69) is 0 Å². The van der Waals surface area contributed by atoms with Crippen molar-refractivity contribution >= 4 is 17.8 Å². The number of hydrogen-bond donors (Lipinski definition) is 2. The Balaban J connectivity index is 2.12. The molecule has 0 spiro atoms. The zero-order valence-electron chi connectivity index (χ0n) is 12.1. The van der Waals surface area contributed by atoms with Crippen LogP contribution < -0.4 is 5.73 Å². The summed E-state index contributed by atoms with van der Waals surface area (Å²) in [6.45, 7) is 5.84. The molecule has 0 aromatic rings. The van der Waals surface area contributed by atoms with E-state index < -0.39 is 23.2 Å². The van der Waals surface area contributed by atoms with Crippen molar-refractivity contribution < 1.29 is 19.5 Å². The lowest BCUT2D eigenvalue weighted by Gasteiger charge is -2.37. The molecule has 1 aliphatic carbocycles. The second-order valence-electron chi connectivity index (χ2n) is 6.63. The van der Waals surface area contributed by atoms with Gasteiger partial charge in [0.2, 0.25) is 11.8 Å². The van der Waals surface area contributed by atoms with Crippen molar-refractivity contribution in [2.24, 2.45) is 28.9 Å². The van der Waals surface area contributed by atoms with E-state index in [1.54, 1.807) is 18.7 Å². The average Bonchev–Trinajstić information content (AvgIpc) is 2.92. The topological polar surface area (TPSA) is 101 Å². The molecule has 0 aromatic heterocycles. The van der Waals surface area contributed by atoms with Crippen LogP contribution in [0.5, 0.6) is 0 Å². The zero-order valence-corrected chi connectivity index (χ0v) is 12.1. The first-order valence-electron chi connectivity index (χ1n) is 7.00. The maximum absolute atomic E-state index is 12.6. The van der Waals surface area contributed by atoms with Crippen molar-refractivity contribution in [2.75, 3.05) is 6.54 Å². The maximum Gasteiger partial charge on any atom is 0.307 e. The summed E-state index contributed by atoms with van der Waals surface area (Å²) in [7, 11) is 0. The highest BCUT2D eigenvalue weighted by Gasteiger charge is 2.67. The summed E-state index contributed by atoms with van der Waals surface area (Å²) in [5.74, 6) is -2.91. The number of likely N-dealkylation sites (tertiary alicyclic amines) is 1. The molecule has 1 saturated carbocycles. The van der Waals surface area contributed by atoms with Crippen molar-refractivity contribution in [1.82, 2.24) is 4.90 Å². The van der Waals surface area contributed by atoms with Gasteiger partial charge in [-0.3, -0.25) is 14.4 Å². The molecule has 0 aromatic carbocycles. The molecule has 1 saturated heterocycles. The quantitative estimate of drug-likeness (QED) is 0.785. The molecule has 0 bridgehead atoms. The average molecular weight is 282 g/mol. The fraction of sp³-hybridized carbons (Fsp3) is 0.786. The summed E-state index contributed by atoms with van der Waals surface area (Å²) in [4.78, 5) is 36.7. The summed E-state index contributed by atoms with van der Waals surface area (Å²) in [5, 5.41) is 9.17. The summed E-state index contributed by atoms with van der Waals surface area (Å²) >= 11 is 0. The first-order chi connectivity index (χ1) is 9.17. The van der Waals surface area contributed by atoms with Crippen LogP contribution in [0.4, 0.5) is 0 Å². The van der Waals surface area contributed by atoms with Crippen molar-refractivity contribution in [1.29, 1.82) is 0 Å². The third-order valence-corrected chi connectivity index (χ3v) is 4.93. The highest BCUT2D eigenvalue weighted by Crippen LogP contribution is 2.59. The van der Waals surface area contributed by atoms with E-state index in [4.69, 9.17) is 10.8 Å². The molecule has 6 heteroatoms. The number of carboxylic acid groups (broad SMARTS) is 1. The first-order valence-corrected chi connectivity index (χ1v) is 7.00. The van der Waals surface area contributed by atoms with E-state index in [0.29, 0.717) is 13.0 Å². The van der Waals surface area contributed by atoms with Gasteiger partial charge in [0, 0.05) is 12.6 Å². The van der Waals surface area contributed by atoms with Crippen LogP contribution in [0.25, 0.3) is 0 Å². The van der Waals surface area contributed by atoms with Crippen LogP contribution in [-0.2, 0) is 14.4 Å². The molecule has 1 aliphatic heterocycles. The van der Waals surface area contributed by atoms with E-state index >= 15 is 0 Å². The number of amides is 2. The standard InChI is InChI=1S/C14H22N2O4/c1-7-4-5-8(11(15)17)6-16(7)12(18)9-10(13(19)20)14(9,2)3/h7-10H,4-6H2,1-3H3,(H2,15,17)(H,19,20)/t7?,8?,9-,10+/m1/s1. The molecule has 2 rings (SSSR count). The van der Waals surface area contributed by atoms with E-state index in [1.807, 2.05) is 6.92 Å². The van der Waals surface area contributed by atoms with Gasteiger partial charge >= 0.3 is 5.97 Å². The van der Waals surface area contributed by atoms with E-state index in [9.17, 15) is 14.4 Å². The van der Waals surface area contributed by atoms with Gasteiger partial charge in [-0.05, 0) is 25.2 Å². The Morgan fingerprint density at radius 3 is 2.25 bits per heavy atom. The van der Waals surface area contributed by atoms with Gasteiger partial charge in [0.25, 0.3) is 0 Å². The lowest BCUT2D eigenvalue weighted by molar-refractivity contribution is -0.144. The van der Waals surface area contributed by atoms with Gasteiger partial charge in [-0.1, -0.05) is 13.8 Å². The Morgan fingerprint density at radius 1 is 1.20 bits per heavy atom. The number of carbonyl (C=O) groups is 3. The lowest BCUT2D eigenvalue weighted by Crippen LogP contribution is -2.49. The minimum absolute atomic E-state index is 0.0314. The number of aliphatic carboxylic acids is 1. The molecule has 1 heterocycles. The van der Waals surface area contributed by atoms with Crippen LogP contribution >= 0.6 is 0 Å². The Morgan fingerprint density at radius 2 is 1.80 bits per heavy atom. The van der Waals surface area contributed by atoms with Gasteiger partial charge in [-0.2, -0.15) is 0 Å². The van der Waals surface area contributed by atoms with Crippen LogP contribution in [0.1, 0.15) is 33.6 Å².